The Kier molecular flexibility index (Phi) is 6.96. The first-order valence-electron chi connectivity index (χ1n) is 6.50. The van der Waals surface area contributed by atoms with Crippen molar-refractivity contribution in [2.75, 3.05) is 6.61 Å². The molecule has 0 aromatic rings. The monoisotopic (exact) mass is 258 g/mol. The standard InChI is InChI=1S/C14H26O4/c1-10(2)6-7-11(8-12(15)16)13(17)18-9-14(3,4)5/h10-11H,6-9H2,1-5H3,(H,15,16). The number of rotatable bonds is 7. The quantitative estimate of drug-likeness (QED) is 0.713. The van der Waals surface area contributed by atoms with Crippen molar-refractivity contribution >= 4 is 11.9 Å². The lowest BCUT2D eigenvalue weighted by atomic mass is 9.94. The SMILES string of the molecule is CC(C)CCC(CC(=O)O)C(=O)OCC(C)(C)C. The molecule has 0 saturated carbocycles. The predicted octanol–water partition coefficient (Wildman–Crippen LogP) is 3.10. The molecule has 4 heteroatoms. The van der Waals surface area contributed by atoms with E-state index in [0.717, 1.165) is 6.42 Å². The van der Waals surface area contributed by atoms with Gasteiger partial charge in [0, 0.05) is 0 Å². The van der Waals surface area contributed by atoms with Crippen molar-refractivity contribution in [3.63, 3.8) is 0 Å². The van der Waals surface area contributed by atoms with Gasteiger partial charge < -0.3 is 9.84 Å². The molecule has 0 rings (SSSR count). The summed E-state index contributed by atoms with van der Waals surface area (Å²) in [6.07, 6.45) is 1.27. The molecule has 0 amide bonds. The summed E-state index contributed by atoms with van der Waals surface area (Å²) in [5.74, 6) is -1.39. The van der Waals surface area contributed by atoms with Gasteiger partial charge in [-0.3, -0.25) is 9.59 Å². The van der Waals surface area contributed by atoms with Crippen LogP contribution in [0.25, 0.3) is 0 Å². The number of carboxylic acid groups (broad SMARTS) is 1. The van der Waals surface area contributed by atoms with E-state index >= 15 is 0 Å². The van der Waals surface area contributed by atoms with E-state index in [9.17, 15) is 9.59 Å². The number of aliphatic carboxylic acids is 1. The summed E-state index contributed by atoms with van der Waals surface area (Å²) in [4.78, 5) is 22.6. The third kappa shape index (κ3) is 9.02. The van der Waals surface area contributed by atoms with Gasteiger partial charge in [0.05, 0.1) is 18.9 Å². The molecule has 0 radical (unpaired) electrons. The van der Waals surface area contributed by atoms with Crippen LogP contribution in [0.4, 0.5) is 0 Å². The number of hydrogen-bond donors (Lipinski definition) is 1. The van der Waals surface area contributed by atoms with Crippen LogP contribution in [-0.2, 0) is 14.3 Å². The van der Waals surface area contributed by atoms with E-state index in [-0.39, 0.29) is 17.8 Å². The molecular weight excluding hydrogens is 232 g/mol. The first kappa shape index (κ1) is 16.9. The number of ether oxygens (including phenoxy) is 1. The summed E-state index contributed by atoms with van der Waals surface area (Å²) in [5.41, 5.74) is -0.0958. The highest BCUT2D eigenvalue weighted by Gasteiger charge is 2.24. The van der Waals surface area contributed by atoms with Crippen LogP contribution in [0.5, 0.6) is 0 Å². The Morgan fingerprint density at radius 3 is 2.11 bits per heavy atom. The maximum absolute atomic E-state index is 11.9. The molecule has 0 aromatic heterocycles. The van der Waals surface area contributed by atoms with Gasteiger partial charge >= 0.3 is 11.9 Å². The fraction of sp³-hybridized carbons (Fsp3) is 0.857. The molecule has 0 aliphatic heterocycles. The van der Waals surface area contributed by atoms with Crippen LogP contribution >= 0.6 is 0 Å². The van der Waals surface area contributed by atoms with Crippen molar-refractivity contribution in [3.05, 3.63) is 0 Å². The van der Waals surface area contributed by atoms with Gasteiger partial charge in [-0.25, -0.2) is 0 Å². The zero-order valence-electron chi connectivity index (χ0n) is 12.2. The summed E-state index contributed by atoms with van der Waals surface area (Å²) >= 11 is 0. The van der Waals surface area contributed by atoms with Crippen LogP contribution in [0.1, 0.15) is 53.9 Å². The average molecular weight is 258 g/mol. The lowest BCUT2D eigenvalue weighted by Crippen LogP contribution is -2.25. The largest absolute Gasteiger partial charge is 0.481 e. The highest BCUT2D eigenvalue weighted by molar-refractivity contribution is 5.79. The third-order valence-corrected chi connectivity index (χ3v) is 2.49. The van der Waals surface area contributed by atoms with Crippen LogP contribution in [0, 0.1) is 17.3 Å². The molecule has 1 N–H and O–H groups in total. The van der Waals surface area contributed by atoms with Gasteiger partial charge in [-0.05, 0) is 17.8 Å². The molecule has 0 heterocycles. The second-order valence-corrected chi connectivity index (χ2v) is 6.43. The van der Waals surface area contributed by atoms with Crippen LogP contribution in [0.2, 0.25) is 0 Å². The minimum atomic E-state index is -0.948. The molecule has 1 unspecified atom stereocenters. The van der Waals surface area contributed by atoms with Crippen LogP contribution in [0.3, 0.4) is 0 Å². The van der Waals surface area contributed by atoms with Crippen molar-refractivity contribution in [2.24, 2.45) is 17.3 Å². The third-order valence-electron chi connectivity index (χ3n) is 2.49. The summed E-state index contributed by atoms with van der Waals surface area (Å²) in [5, 5.41) is 8.82. The zero-order chi connectivity index (χ0) is 14.3. The summed E-state index contributed by atoms with van der Waals surface area (Å²) in [6, 6.07) is 0. The smallest absolute Gasteiger partial charge is 0.309 e. The van der Waals surface area contributed by atoms with Gasteiger partial charge in [0.1, 0.15) is 0 Å². The maximum Gasteiger partial charge on any atom is 0.309 e. The average Bonchev–Trinajstić information content (AvgIpc) is 2.19. The topological polar surface area (TPSA) is 63.6 Å². The van der Waals surface area contributed by atoms with Gasteiger partial charge in [-0.1, -0.05) is 41.0 Å². The van der Waals surface area contributed by atoms with E-state index < -0.39 is 11.9 Å². The van der Waals surface area contributed by atoms with Gasteiger partial charge in [-0.15, -0.1) is 0 Å². The van der Waals surface area contributed by atoms with Gasteiger partial charge in [0.2, 0.25) is 0 Å². The molecule has 1 atom stereocenters. The molecule has 0 bridgehead atoms. The number of carbonyl (C=O) groups excluding carboxylic acids is 1. The van der Waals surface area contributed by atoms with Gasteiger partial charge in [0.15, 0.2) is 0 Å². The Bertz CT molecular complexity index is 276. The van der Waals surface area contributed by atoms with Crippen molar-refractivity contribution in [1.82, 2.24) is 0 Å². The summed E-state index contributed by atoms with van der Waals surface area (Å²) in [7, 11) is 0. The first-order valence-corrected chi connectivity index (χ1v) is 6.50. The zero-order valence-corrected chi connectivity index (χ0v) is 12.2. The minimum absolute atomic E-state index is 0.0958. The lowest BCUT2D eigenvalue weighted by molar-refractivity contribution is -0.155. The van der Waals surface area contributed by atoms with E-state index in [1.54, 1.807) is 0 Å². The van der Waals surface area contributed by atoms with Crippen molar-refractivity contribution in [3.8, 4) is 0 Å². The van der Waals surface area contributed by atoms with Gasteiger partial charge in [0.25, 0.3) is 0 Å². The number of carbonyl (C=O) groups is 2. The Morgan fingerprint density at radius 1 is 1.17 bits per heavy atom. The Hall–Kier alpha value is -1.06. The minimum Gasteiger partial charge on any atom is -0.481 e. The second-order valence-electron chi connectivity index (χ2n) is 6.43. The highest BCUT2D eigenvalue weighted by Crippen LogP contribution is 2.20. The van der Waals surface area contributed by atoms with E-state index in [0.29, 0.717) is 18.9 Å². The lowest BCUT2D eigenvalue weighted by Gasteiger charge is -2.21. The van der Waals surface area contributed by atoms with Crippen molar-refractivity contribution in [2.45, 2.75) is 53.9 Å². The maximum atomic E-state index is 11.9. The Labute approximate surface area is 110 Å². The Morgan fingerprint density at radius 2 is 1.72 bits per heavy atom. The first-order chi connectivity index (χ1) is 8.11. The summed E-state index contributed by atoms with van der Waals surface area (Å²) in [6.45, 7) is 10.3. The Balaban J connectivity index is 4.35. The van der Waals surface area contributed by atoms with E-state index in [1.165, 1.54) is 0 Å². The fourth-order valence-electron chi connectivity index (χ4n) is 1.45. The van der Waals surface area contributed by atoms with Crippen LogP contribution in [-0.4, -0.2) is 23.7 Å². The normalized spacial score (nSPS) is 13.4. The number of esters is 1. The second kappa shape index (κ2) is 7.39. The fourth-order valence-corrected chi connectivity index (χ4v) is 1.45. The van der Waals surface area contributed by atoms with E-state index in [1.807, 2.05) is 20.8 Å². The van der Waals surface area contributed by atoms with E-state index in [2.05, 4.69) is 13.8 Å². The van der Waals surface area contributed by atoms with E-state index in [4.69, 9.17) is 9.84 Å². The molecule has 18 heavy (non-hydrogen) atoms. The number of hydrogen-bond acceptors (Lipinski definition) is 3. The summed E-state index contributed by atoms with van der Waals surface area (Å²) < 4.78 is 5.20. The highest BCUT2D eigenvalue weighted by atomic mass is 16.5. The molecule has 0 fully saturated rings. The molecule has 0 aliphatic carbocycles. The molecule has 0 aliphatic rings. The van der Waals surface area contributed by atoms with Crippen LogP contribution < -0.4 is 0 Å². The molecule has 0 saturated heterocycles. The van der Waals surface area contributed by atoms with Crippen molar-refractivity contribution in [1.29, 1.82) is 0 Å². The molecule has 4 nitrogen and oxygen atoms in total. The van der Waals surface area contributed by atoms with Crippen molar-refractivity contribution < 1.29 is 19.4 Å². The molecule has 0 spiro atoms. The number of carboxylic acids is 1. The van der Waals surface area contributed by atoms with Gasteiger partial charge in [-0.2, -0.15) is 0 Å². The predicted molar refractivity (Wildman–Crippen MR) is 70.2 cm³/mol. The molecule has 0 aromatic carbocycles. The molecule has 106 valence electrons. The molecular formula is C14H26O4. The van der Waals surface area contributed by atoms with Crippen LogP contribution in [0.15, 0.2) is 0 Å².